The number of carbonyl (C=O) groups excluding carboxylic acids is 1. The molecule has 1 N–H and O–H groups in total. The molecule has 6 heteroatoms. The maximum Gasteiger partial charge on any atom is 0.242 e. The summed E-state index contributed by atoms with van der Waals surface area (Å²) in [4.78, 5) is 14.6. The molecule has 0 aliphatic heterocycles. The molecule has 26 heavy (non-hydrogen) atoms. The highest BCUT2D eigenvalue weighted by atomic mass is 19.1. The second kappa shape index (κ2) is 7.93. The Morgan fingerprint density at radius 2 is 1.88 bits per heavy atom. The summed E-state index contributed by atoms with van der Waals surface area (Å²) in [6.45, 7) is 0.375. The molecule has 1 heterocycles. The van der Waals surface area contributed by atoms with Gasteiger partial charge in [-0.05, 0) is 49.5 Å². The van der Waals surface area contributed by atoms with E-state index in [9.17, 15) is 9.18 Å². The third kappa shape index (κ3) is 3.97. The Bertz CT molecular complexity index is 860. The number of carbonyl (C=O) groups is 1. The molecule has 5 nitrogen and oxygen atoms in total. The summed E-state index contributed by atoms with van der Waals surface area (Å²) in [5.74, 6) is -0.461. The molecule has 0 radical (unpaired) electrons. The van der Waals surface area contributed by atoms with Crippen LogP contribution in [0.15, 0.2) is 67.0 Å². The lowest BCUT2D eigenvalue weighted by Gasteiger charge is -2.24. The van der Waals surface area contributed by atoms with E-state index < -0.39 is 6.04 Å². The monoisotopic (exact) mass is 352 g/mol. The predicted molar refractivity (Wildman–Crippen MR) is 98.2 cm³/mol. The van der Waals surface area contributed by atoms with Gasteiger partial charge in [-0.15, -0.1) is 0 Å². The van der Waals surface area contributed by atoms with Crippen molar-refractivity contribution < 1.29 is 9.18 Å². The number of benzene rings is 2. The van der Waals surface area contributed by atoms with Crippen molar-refractivity contribution in [3.05, 3.63) is 83.9 Å². The van der Waals surface area contributed by atoms with Gasteiger partial charge in [-0.3, -0.25) is 9.69 Å². The van der Waals surface area contributed by atoms with Crippen LogP contribution in [0, 0.1) is 5.82 Å². The summed E-state index contributed by atoms with van der Waals surface area (Å²) in [6.07, 6.45) is 3.58. The van der Waals surface area contributed by atoms with Crippen LogP contribution in [0.4, 0.5) is 4.39 Å². The molecule has 0 saturated carbocycles. The zero-order chi connectivity index (χ0) is 18.5. The number of hydrogen-bond acceptors (Lipinski definition) is 3. The number of amides is 1. The first kappa shape index (κ1) is 17.8. The van der Waals surface area contributed by atoms with Gasteiger partial charge in [0.1, 0.15) is 11.9 Å². The first-order chi connectivity index (χ1) is 12.6. The Morgan fingerprint density at radius 1 is 1.15 bits per heavy atom. The van der Waals surface area contributed by atoms with Crippen molar-refractivity contribution in [2.75, 3.05) is 14.1 Å². The molecule has 0 spiro atoms. The van der Waals surface area contributed by atoms with Crippen LogP contribution in [0.5, 0.6) is 0 Å². The van der Waals surface area contributed by atoms with Crippen molar-refractivity contribution in [3.63, 3.8) is 0 Å². The van der Waals surface area contributed by atoms with Gasteiger partial charge in [0, 0.05) is 18.9 Å². The SMILES string of the molecule is CN(C)C(C(=O)NCc1ccccc1-n1cccn1)c1ccc(F)cc1. The summed E-state index contributed by atoms with van der Waals surface area (Å²) in [5, 5.41) is 7.23. The molecular weight excluding hydrogens is 331 g/mol. The summed E-state index contributed by atoms with van der Waals surface area (Å²) >= 11 is 0. The molecule has 1 aromatic heterocycles. The molecule has 1 atom stereocenters. The first-order valence-corrected chi connectivity index (χ1v) is 8.34. The number of nitrogens with one attached hydrogen (secondary N) is 1. The van der Waals surface area contributed by atoms with E-state index in [-0.39, 0.29) is 11.7 Å². The number of aromatic nitrogens is 2. The molecule has 3 rings (SSSR count). The van der Waals surface area contributed by atoms with Crippen LogP contribution in [-0.2, 0) is 11.3 Å². The molecule has 1 amide bonds. The van der Waals surface area contributed by atoms with Crippen LogP contribution >= 0.6 is 0 Å². The van der Waals surface area contributed by atoms with Crippen LogP contribution in [0.2, 0.25) is 0 Å². The quantitative estimate of drug-likeness (QED) is 0.742. The highest BCUT2D eigenvalue weighted by molar-refractivity contribution is 5.83. The molecular formula is C20H21FN4O. The second-order valence-corrected chi connectivity index (χ2v) is 6.21. The molecule has 134 valence electrons. The molecule has 2 aromatic carbocycles. The van der Waals surface area contributed by atoms with Gasteiger partial charge in [0.25, 0.3) is 0 Å². The fourth-order valence-corrected chi connectivity index (χ4v) is 2.90. The predicted octanol–water partition coefficient (Wildman–Crippen LogP) is 2.93. The topological polar surface area (TPSA) is 50.2 Å². The summed E-state index contributed by atoms with van der Waals surface area (Å²) in [5.41, 5.74) is 2.62. The van der Waals surface area contributed by atoms with E-state index in [0.717, 1.165) is 16.8 Å². The number of para-hydroxylation sites is 1. The lowest BCUT2D eigenvalue weighted by atomic mass is 10.0. The summed E-state index contributed by atoms with van der Waals surface area (Å²) < 4.78 is 14.9. The van der Waals surface area contributed by atoms with Gasteiger partial charge in [-0.1, -0.05) is 30.3 Å². The van der Waals surface area contributed by atoms with Gasteiger partial charge < -0.3 is 5.32 Å². The Labute approximate surface area is 152 Å². The summed E-state index contributed by atoms with van der Waals surface area (Å²) in [6, 6.07) is 15.1. The zero-order valence-corrected chi connectivity index (χ0v) is 14.8. The molecule has 3 aromatic rings. The minimum absolute atomic E-state index is 0.142. The third-order valence-corrected chi connectivity index (χ3v) is 4.15. The van der Waals surface area contributed by atoms with E-state index in [1.54, 1.807) is 23.0 Å². The van der Waals surface area contributed by atoms with E-state index in [1.165, 1.54) is 12.1 Å². The van der Waals surface area contributed by atoms with Gasteiger partial charge in [-0.2, -0.15) is 5.10 Å². The van der Waals surface area contributed by atoms with Crippen molar-refractivity contribution in [3.8, 4) is 5.69 Å². The summed E-state index contributed by atoms with van der Waals surface area (Å²) in [7, 11) is 3.65. The van der Waals surface area contributed by atoms with E-state index in [2.05, 4.69) is 10.4 Å². The van der Waals surface area contributed by atoms with Crippen molar-refractivity contribution in [1.82, 2.24) is 20.0 Å². The average molecular weight is 352 g/mol. The van der Waals surface area contributed by atoms with Gasteiger partial charge in [0.05, 0.1) is 5.69 Å². The Balaban J connectivity index is 1.76. The molecule has 1 unspecified atom stereocenters. The fraction of sp³-hybridized carbons (Fsp3) is 0.200. The smallest absolute Gasteiger partial charge is 0.242 e. The lowest BCUT2D eigenvalue weighted by molar-refractivity contribution is -0.125. The molecule has 0 aliphatic rings. The van der Waals surface area contributed by atoms with E-state index >= 15 is 0 Å². The maximum atomic E-state index is 13.2. The standard InChI is InChI=1S/C20H21FN4O/c1-24(2)19(15-8-10-17(21)11-9-15)20(26)22-14-16-6-3-4-7-18(16)25-13-5-12-23-25/h3-13,19H,14H2,1-2H3,(H,22,26). The van der Waals surface area contributed by atoms with Crippen LogP contribution in [-0.4, -0.2) is 34.7 Å². The van der Waals surface area contributed by atoms with E-state index in [4.69, 9.17) is 0 Å². The Kier molecular flexibility index (Phi) is 5.43. The number of nitrogens with zero attached hydrogens (tertiary/aromatic N) is 3. The maximum absolute atomic E-state index is 13.2. The van der Waals surface area contributed by atoms with Crippen LogP contribution in [0.25, 0.3) is 5.69 Å². The van der Waals surface area contributed by atoms with Crippen molar-refractivity contribution in [2.45, 2.75) is 12.6 Å². The number of hydrogen-bond donors (Lipinski definition) is 1. The lowest BCUT2D eigenvalue weighted by Crippen LogP contribution is -2.36. The van der Waals surface area contributed by atoms with Gasteiger partial charge >= 0.3 is 0 Å². The van der Waals surface area contributed by atoms with Crippen molar-refractivity contribution in [1.29, 1.82) is 0 Å². The molecule has 0 aliphatic carbocycles. The Morgan fingerprint density at radius 3 is 2.54 bits per heavy atom. The van der Waals surface area contributed by atoms with Crippen molar-refractivity contribution in [2.24, 2.45) is 0 Å². The second-order valence-electron chi connectivity index (χ2n) is 6.21. The number of likely N-dealkylation sites (N-methyl/N-ethyl adjacent to an activating group) is 1. The fourth-order valence-electron chi connectivity index (χ4n) is 2.90. The number of halogens is 1. The third-order valence-electron chi connectivity index (χ3n) is 4.15. The Hall–Kier alpha value is -2.99. The average Bonchev–Trinajstić information content (AvgIpc) is 3.16. The first-order valence-electron chi connectivity index (χ1n) is 8.34. The zero-order valence-electron chi connectivity index (χ0n) is 14.8. The van der Waals surface area contributed by atoms with E-state index in [1.807, 2.05) is 55.5 Å². The van der Waals surface area contributed by atoms with Gasteiger partial charge in [0.15, 0.2) is 0 Å². The van der Waals surface area contributed by atoms with Crippen LogP contribution in [0.3, 0.4) is 0 Å². The van der Waals surface area contributed by atoms with Gasteiger partial charge in [0.2, 0.25) is 5.91 Å². The van der Waals surface area contributed by atoms with Crippen LogP contribution in [0.1, 0.15) is 17.2 Å². The molecule has 0 bridgehead atoms. The number of rotatable bonds is 6. The van der Waals surface area contributed by atoms with E-state index in [0.29, 0.717) is 6.54 Å². The largest absolute Gasteiger partial charge is 0.350 e. The van der Waals surface area contributed by atoms with Gasteiger partial charge in [-0.25, -0.2) is 9.07 Å². The minimum Gasteiger partial charge on any atom is -0.350 e. The molecule has 0 saturated heterocycles. The normalized spacial score (nSPS) is 12.2. The highest BCUT2D eigenvalue weighted by Crippen LogP contribution is 2.20. The highest BCUT2D eigenvalue weighted by Gasteiger charge is 2.23. The van der Waals surface area contributed by atoms with Crippen LogP contribution < -0.4 is 5.32 Å². The minimum atomic E-state index is -0.493. The molecule has 0 fully saturated rings. The van der Waals surface area contributed by atoms with Crippen molar-refractivity contribution >= 4 is 5.91 Å².